The number of benzene rings is 2. The number of aromatic nitrogens is 1. The third-order valence-electron chi connectivity index (χ3n) is 3.62. The molecule has 0 bridgehead atoms. The summed E-state index contributed by atoms with van der Waals surface area (Å²) in [5, 5.41) is 0. The normalized spacial score (nSPS) is 10.9. The number of thiazole rings is 1. The molecule has 0 spiro atoms. The van der Waals surface area contributed by atoms with E-state index in [1.165, 1.54) is 17.4 Å². The van der Waals surface area contributed by atoms with Crippen molar-refractivity contribution in [3.63, 3.8) is 0 Å². The fourth-order valence-electron chi connectivity index (χ4n) is 2.37. The SMILES string of the molecule is CCN(Cc1cc(Br)ccc1F)C(=O)c1ccc2ncsc2c1. The van der Waals surface area contributed by atoms with Gasteiger partial charge in [0.25, 0.3) is 5.91 Å². The lowest BCUT2D eigenvalue weighted by molar-refractivity contribution is 0.0751. The first-order valence-corrected chi connectivity index (χ1v) is 8.82. The van der Waals surface area contributed by atoms with Crippen LogP contribution >= 0.6 is 27.3 Å². The number of fused-ring (bicyclic) bond motifs is 1. The number of amides is 1. The van der Waals surface area contributed by atoms with Crippen molar-refractivity contribution < 1.29 is 9.18 Å². The summed E-state index contributed by atoms with van der Waals surface area (Å²) in [4.78, 5) is 18.6. The van der Waals surface area contributed by atoms with E-state index < -0.39 is 0 Å². The Hall–Kier alpha value is -1.79. The lowest BCUT2D eigenvalue weighted by Crippen LogP contribution is -2.30. The van der Waals surface area contributed by atoms with E-state index in [2.05, 4.69) is 20.9 Å². The Morgan fingerprint density at radius 1 is 1.30 bits per heavy atom. The first-order valence-electron chi connectivity index (χ1n) is 7.15. The van der Waals surface area contributed by atoms with Crippen molar-refractivity contribution >= 4 is 43.4 Å². The minimum atomic E-state index is -0.308. The molecule has 0 unspecified atom stereocenters. The highest BCUT2D eigenvalue weighted by molar-refractivity contribution is 9.10. The Morgan fingerprint density at radius 3 is 2.91 bits per heavy atom. The van der Waals surface area contributed by atoms with Gasteiger partial charge >= 0.3 is 0 Å². The number of hydrogen-bond donors (Lipinski definition) is 0. The molecule has 1 heterocycles. The van der Waals surface area contributed by atoms with Crippen LogP contribution in [0.3, 0.4) is 0 Å². The molecule has 3 rings (SSSR count). The summed E-state index contributed by atoms with van der Waals surface area (Å²) < 4.78 is 15.7. The molecule has 0 aliphatic carbocycles. The molecule has 0 fully saturated rings. The van der Waals surface area contributed by atoms with E-state index in [1.807, 2.05) is 19.1 Å². The van der Waals surface area contributed by atoms with Gasteiger partial charge in [-0.1, -0.05) is 15.9 Å². The maximum absolute atomic E-state index is 13.9. The van der Waals surface area contributed by atoms with Gasteiger partial charge in [-0.05, 0) is 43.3 Å². The van der Waals surface area contributed by atoms with Crippen LogP contribution in [0.4, 0.5) is 4.39 Å². The molecule has 0 aliphatic rings. The summed E-state index contributed by atoms with van der Waals surface area (Å²) in [6, 6.07) is 10.2. The second kappa shape index (κ2) is 6.76. The van der Waals surface area contributed by atoms with E-state index in [0.29, 0.717) is 17.7 Å². The van der Waals surface area contributed by atoms with Crippen LogP contribution in [0.2, 0.25) is 0 Å². The number of halogens is 2. The number of rotatable bonds is 4. The van der Waals surface area contributed by atoms with E-state index in [-0.39, 0.29) is 18.3 Å². The molecule has 6 heteroatoms. The van der Waals surface area contributed by atoms with Crippen molar-refractivity contribution in [3.05, 3.63) is 63.3 Å². The quantitative estimate of drug-likeness (QED) is 0.634. The van der Waals surface area contributed by atoms with Crippen molar-refractivity contribution in [1.82, 2.24) is 9.88 Å². The summed E-state index contributed by atoms with van der Waals surface area (Å²) in [5.41, 5.74) is 3.73. The van der Waals surface area contributed by atoms with Crippen LogP contribution in [-0.2, 0) is 6.54 Å². The molecule has 0 saturated carbocycles. The minimum absolute atomic E-state index is 0.109. The van der Waals surface area contributed by atoms with Crippen molar-refractivity contribution in [1.29, 1.82) is 0 Å². The van der Waals surface area contributed by atoms with Crippen LogP contribution in [0.25, 0.3) is 10.2 Å². The second-order valence-corrected chi connectivity index (χ2v) is 6.89. The standard InChI is InChI=1S/C17H14BrFN2OS/c1-2-21(9-12-7-13(18)4-5-14(12)19)17(22)11-3-6-15-16(8-11)23-10-20-15/h3-8,10H,2,9H2,1H3. The zero-order valence-corrected chi connectivity index (χ0v) is 14.8. The lowest BCUT2D eigenvalue weighted by Gasteiger charge is -2.21. The number of hydrogen-bond acceptors (Lipinski definition) is 3. The van der Waals surface area contributed by atoms with Gasteiger partial charge in [-0.25, -0.2) is 9.37 Å². The fraction of sp³-hybridized carbons (Fsp3) is 0.176. The Kier molecular flexibility index (Phi) is 4.73. The van der Waals surface area contributed by atoms with Gasteiger partial charge in [-0.2, -0.15) is 0 Å². The first-order chi connectivity index (χ1) is 11.1. The molecule has 0 radical (unpaired) electrons. The summed E-state index contributed by atoms with van der Waals surface area (Å²) >= 11 is 4.84. The number of carbonyl (C=O) groups is 1. The molecule has 0 aliphatic heterocycles. The molecule has 23 heavy (non-hydrogen) atoms. The van der Waals surface area contributed by atoms with Crippen molar-refractivity contribution in [2.75, 3.05) is 6.54 Å². The molecule has 0 N–H and O–H groups in total. The first kappa shape index (κ1) is 16.1. The molecule has 1 aromatic heterocycles. The van der Waals surface area contributed by atoms with Gasteiger partial charge in [0.2, 0.25) is 0 Å². The van der Waals surface area contributed by atoms with E-state index in [1.54, 1.807) is 28.6 Å². The van der Waals surface area contributed by atoms with E-state index >= 15 is 0 Å². The Balaban J connectivity index is 1.87. The maximum Gasteiger partial charge on any atom is 0.254 e. The molecule has 118 valence electrons. The molecular weight excluding hydrogens is 379 g/mol. The van der Waals surface area contributed by atoms with Crippen LogP contribution in [0.1, 0.15) is 22.8 Å². The third kappa shape index (κ3) is 3.43. The molecule has 2 aromatic carbocycles. The number of carbonyl (C=O) groups excluding carboxylic acids is 1. The van der Waals surface area contributed by atoms with Crippen LogP contribution in [0.15, 0.2) is 46.4 Å². The summed E-state index contributed by atoms with van der Waals surface area (Å²) in [5.74, 6) is -0.417. The average Bonchev–Trinajstić information content (AvgIpc) is 3.02. The topological polar surface area (TPSA) is 33.2 Å². The van der Waals surface area contributed by atoms with Crippen molar-refractivity contribution in [3.8, 4) is 0 Å². The van der Waals surface area contributed by atoms with Gasteiger partial charge < -0.3 is 4.90 Å². The van der Waals surface area contributed by atoms with Crippen LogP contribution in [-0.4, -0.2) is 22.3 Å². The monoisotopic (exact) mass is 392 g/mol. The van der Waals surface area contributed by atoms with E-state index in [9.17, 15) is 9.18 Å². The molecule has 3 nitrogen and oxygen atoms in total. The largest absolute Gasteiger partial charge is 0.334 e. The lowest BCUT2D eigenvalue weighted by atomic mass is 10.1. The predicted octanol–water partition coefficient (Wildman–Crippen LogP) is 4.86. The Bertz CT molecular complexity index is 865. The zero-order valence-electron chi connectivity index (χ0n) is 12.4. The maximum atomic E-state index is 13.9. The molecule has 0 saturated heterocycles. The Labute approximate surface area is 145 Å². The average molecular weight is 393 g/mol. The Morgan fingerprint density at radius 2 is 2.13 bits per heavy atom. The van der Waals surface area contributed by atoms with E-state index in [0.717, 1.165) is 14.7 Å². The van der Waals surface area contributed by atoms with Crippen molar-refractivity contribution in [2.45, 2.75) is 13.5 Å². The highest BCUT2D eigenvalue weighted by Crippen LogP contribution is 2.22. The summed E-state index contributed by atoms with van der Waals surface area (Å²) in [6.45, 7) is 2.63. The highest BCUT2D eigenvalue weighted by Gasteiger charge is 2.17. The second-order valence-electron chi connectivity index (χ2n) is 5.09. The third-order valence-corrected chi connectivity index (χ3v) is 4.90. The van der Waals surface area contributed by atoms with Crippen molar-refractivity contribution in [2.24, 2.45) is 0 Å². The summed E-state index contributed by atoms with van der Waals surface area (Å²) in [6.07, 6.45) is 0. The van der Waals surface area contributed by atoms with Gasteiger partial charge in [0.15, 0.2) is 0 Å². The van der Waals surface area contributed by atoms with Gasteiger partial charge in [0.05, 0.1) is 15.7 Å². The fourth-order valence-corrected chi connectivity index (χ4v) is 3.49. The van der Waals surface area contributed by atoms with Gasteiger partial charge in [0.1, 0.15) is 5.82 Å². The van der Waals surface area contributed by atoms with Gasteiger partial charge in [-0.3, -0.25) is 4.79 Å². The molecule has 1 amide bonds. The highest BCUT2D eigenvalue weighted by atomic mass is 79.9. The molecule has 0 atom stereocenters. The van der Waals surface area contributed by atoms with Gasteiger partial charge in [-0.15, -0.1) is 11.3 Å². The van der Waals surface area contributed by atoms with Crippen LogP contribution < -0.4 is 0 Å². The zero-order chi connectivity index (χ0) is 16.4. The smallest absolute Gasteiger partial charge is 0.254 e. The van der Waals surface area contributed by atoms with E-state index in [4.69, 9.17) is 0 Å². The van der Waals surface area contributed by atoms with Gasteiger partial charge in [0, 0.05) is 28.7 Å². The summed E-state index contributed by atoms with van der Waals surface area (Å²) in [7, 11) is 0. The minimum Gasteiger partial charge on any atom is -0.334 e. The molecule has 3 aromatic rings. The predicted molar refractivity (Wildman–Crippen MR) is 94.1 cm³/mol. The van der Waals surface area contributed by atoms with Crippen LogP contribution in [0.5, 0.6) is 0 Å². The molecular formula is C17H14BrFN2OS. The number of nitrogens with zero attached hydrogens (tertiary/aromatic N) is 2. The van der Waals surface area contributed by atoms with Crippen LogP contribution in [0, 0.1) is 5.82 Å².